The zero-order chi connectivity index (χ0) is 21.9. The molecule has 0 aromatic heterocycles. The number of ether oxygens (including phenoxy) is 2. The molecule has 2 aromatic carbocycles. The van der Waals surface area contributed by atoms with Crippen molar-refractivity contribution >= 4 is 5.91 Å². The van der Waals surface area contributed by atoms with Gasteiger partial charge in [-0.25, -0.2) is 0 Å². The van der Waals surface area contributed by atoms with Crippen molar-refractivity contribution in [3.8, 4) is 11.5 Å². The molecular weight excluding hydrogens is 374 g/mol. The van der Waals surface area contributed by atoms with Crippen LogP contribution < -0.4 is 9.47 Å². The van der Waals surface area contributed by atoms with Gasteiger partial charge in [-0.3, -0.25) is 4.79 Å². The first-order valence-corrected chi connectivity index (χ1v) is 11.1. The molecule has 0 saturated carbocycles. The SMILES string of the molecule is CCCC[C@@H](CC)C(=O)N(Cc1ccc(OCc2ccccc2)c(OC)c1)C(C)C. The van der Waals surface area contributed by atoms with Crippen LogP contribution in [0.15, 0.2) is 48.5 Å². The molecule has 0 bridgehead atoms. The Hall–Kier alpha value is -2.49. The van der Waals surface area contributed by atoms with Crippen molar-refractivity contribution < 1.29 is 14.3 Å². The number of carbonyl (C=O) groups excluding carboxylic acids is 1. The van der Waals surface area contributed by atoms with E-state index < -0.39 is 0 Å². The van der Waals surface area contributed by atoms with Crippen LogP contribution in [0.3, 0.4) is 0 Å². The molecule has 0 aliphatic heterocycles. The molecule has 1 atom stereocenters. The Morgan fingerprint density at radius 1 is 1.00 bits per heavy atom. The van der Waals surface area contributed by atoms with Crippen molar-refractivity contribution in [2.45, 2.75) is 72.6 Å². The normalized spacial score (nSPS) is 11.9. The lowest BCUT2D eigenvalue weighted by Gasteiger charge is -2.31. The predicted octanol–water partition coefficient (Wildman–Crippen LogP) is 6.23. The third-order valence-corrected chi connectivity index (χ3v) is 5.47. The van der Waals surface area contributed by atoms with Crippen molar-refractivity contribution in [2.75, 3.05) is 7.11 Å². The van der Waals surface area contributed by atoms with Gasteiger partial charge in [0.05, 0.1) is 7.11 Å². The second-order valence-electron chi connectivity index (χ2n) is 8.07. The first-order valence-electron chi connectivity index (χ1n) is 11.1. The van der Waals surface area contributed by atoms with E-state index in [2.05, 4.69) is 27.7 Å². The molecule has 2 rings (SSSR count). The number of carbonyl (C=O) groups is 1. The van der Waals surface area contributed by atoms with Gasteiger partial charge in [0.25, 0.3) is 0 Å². The maximum absolute atomic E-state index is 13.2. The average molecular weight is 412 g/mol. The fourth-order valence-electron chi connectivity index (χ4n) is 3.56. The summed E-state index contributed by atoms with van der Waals surface area (Å²) in [6, 6.07) is 16.2. The lowest BCUT2D eigenvalue weighted by molar-refractivity contribution is -0.138. The highest BCUT2D eigenvalue weighted by atomic mass is 16.5. The Morgan fingerprint density at radius 2 is 1.73 bits per heavy atom. The van der Waals surface area contributed by atoms with Crippen LogP contribution >= 0.6 is 0 Å². The monoisotopic (exact) mass is 411 g/mol. The summed E-state index contributed by atoms with van der Waals surface area (Å²) in [5.74, 6) is 1.76. The molecular formula is C26H37NO3. The minimum absolute atomic E-state index is 0.0997. The van der Waals surface area contributed by atoms with Gasteiger partial charge >= 0.3 is 0 Å². The highest BCUT2D eigenvalue weighted by Gasteiger charge is 2.25. The summed E-state index contributed by atoms with van der Waals surface area (Å²) in [7, 11) is 1.65. The molecule has 4 nitrogen and oxygen atoms in total. The van der Waals surface area contributed by atoms with E-state index in [-0.39, 0.29) is 17.9 Å². The maximum Gasteiger partial charge on any atom is 0.226 e. The van der Waals surface area contributed by atoms with Crippen LogP contribution in [0.1, 0.15) is 64.5 Å². The van der Waals surface area contributed by atoms with E-state index in [1.165, 1.54) is 0 Å². The third-order valence-electron chi connectivity index (χ3n) is 5.47. The number of benzene rings is 2. The molecule has 164 valence electrons. The third kappa shape index (κ3) is 6.79. The average Bonchev–Trinajstić information content (AvgIpc) is 2.77. The zero-order valence-corrected chi connectivity index (χ0v) is 19.2. The number of rotatable bonds is 12. The van der Waals surface area contributed by atoms with Crippen molar-refractivity contribution in [3.63, 3.8) is 0 Å². The zero-order valence-electron chi connectivity index (χ0n) is 19.2. The number of hydrogen-bond donors (Lipinski definition) is 0. The molecule has 0 aliphatic carbocycles. The first-order chi connectivity index (χ1) is 14.5. The van der Waals surface area contributed by atoms with Gasteiger partial charge in [-0.15, -0.1) is 0 Å². The molecule has 0 radical (unpaired) electrons. The van der Waals surface area contributed by atoms with Gasteiger partial charge in [-0.2, -0.15) is 0 Å². The molecule has 0 N–H and O–H groups in total. The predicted molar refractivity (Wildman–Crippen MR) is 123 cm³/mol. The Labute approximate surface area is 182 Å². The summed E-state index contributed by atoms with van der Waals surface area (Å²) in [6.45, 7) is 9.51. The van der Waals surface area contributed by atoms with Gasteiger partial charge in [0.15, 0.2) is 11.5 Å². The van der Waals surface area contributed by atoms with E-state index in [9.17, 15) is 4.79 Å². The molecule has 2 aromatic rings. The molecule has 0 unspecified atom stereocenters. The summed E-state index contributed by atoms with van der Waals surface area (Å²) in [5, 5.41) is 0. The van der Waals surface area contributed by atoms with Gasteiger partial charge in [0, 0.05) is 18.5 Å². The van der Waals surface area contributed by atoms with Crippen LogP contribution in [0, 0.1) is 5.92 Å². The van der Waals surface area contributed by atoms with E-state index in [4.69, 9.17) is 9.47 Å². The van der Waals surface area contributed by atoms with Crippen LogP contribution in [0.2, 0.25) is 0 Å². The molecule has 1 amide bonds. The topological polar surface area (TPSA) is 38.8 Å². The van der Waals surface area contributed by atoms with E-state index in [0.29, 0.717) is 24.7 Å². The Balaban J connectivity index is 2.11. The molecule has 0 spiro atoms. The van der Waals surface area contributed by atoms with Crippen LogP contribution in [0.4, 0.5) is 0 Å². The number of hydrogen-bond acceptors (Lipinski definition) is 3. The van der Waals surface area contributed by atoms with E-state index in [0.717, 1.165) is 36.8 Å². The van der Waals surface area contributed by atoms with E-state index in [1.54, 1.807) is 7.11 Å². The Bertz CT molecular complexity index is 773. The minimum Gasteiger partial charge on any atom is -0.493 e. The lowest BCUT2D eigenvalue weighted by Crippen LogP contribution is -2.40. The molecule has 0 aliphatic rings. The second-order valence-corrected chi connectivity index (χ2v) is 8.07. The molecule has 0 saturated heterocycles. The van der Waals surface area contributed by atoms with Crippen LogP contribution in [-0.2, 0) is 17.9 Å². The largest absolute Gasteiger partial charge is 0.493 e. The van der Waals surface area contributed by atoms with Gasteiger partial charge in [-0.05, 0) is 49.9 Å². The molecule has 0 heterocycles. The summed E-state index contributed by atoms with van der Waals surface area (Å²) in [6.07, 6.45) is 4.06. The minimum atomic E-state index is 0.0997. The Morgan fingerprint density at radius 3 is 2.33 bits per heavy atom. The maximum atomic E-state index is 13.2. The first kappa shape index (κ1) is 23.8. The molecule has 0 fully saturated rings. The molecule has 30 heavy (non-hydrogen) atoms. The number of nitrogens with zero attached hydrogens (tertiary/aromatic N) is 1. The molecule has 4 heteroatoms. The van der Waals surface area contributed by atoms with Crippen molar-refractivity contribution in [3.05, 3.63) is 59.7 Å². The number of methoxy groups -OCH3 is 1. The summed E-state index contributed by atoms with van der Waals surface area (Å²) >= 11 is 0. The standard InChI is InChI=1S/C26H37NO3/c1-6-8-14-23(7-2)26(28)27(20(3)4)18-22-15-16-24(25(17-22)29-5)30-19-21-12-10-9-11-13-21/h9-13,15-17,20,23H,6-8,14,18-19H2,1-5H3/t23-/m1/s1. The number of unbranched alkanes of at least 4 members (excludes halogenated alkanes) is 1. The number of amides is 1. The quantitative estimate of drug-likeness (QED) is 0.416. The lowest BCUT2D eigenvalue weighted by atomic mass is 9.97. The van der Waals surface area contributed by atoms with Crippen LogP contribution in [0.5, 0.6) is 11.5 Å². The van der Waals surface area contributed by atoms with E-state index >= 15 is 0 Å². The van der Waals surface area contributed by atoms with Gasteiger partial charge in [-0.1, -0.05) is 63.1 Å². The van der Waals surface area contributed by atoms with Crippen molar-refractivity contribution in [1.29, 1.82) is 0 Å². The highest BCUT2D eigenvalue weighted by Crippen LogP contribution is 2.30. The fourth-order valence-corrected chi connectivity index (χ4v) is 3.56. The van der Waals surface area contributed by atoms with Gasteiger partial charge in [0.1, 0.15) is 6.61 Å². The summed E-state index contributed by atoms with van der Waals surface area (Å²) < 4.78 is 11.5. The van der Waals surface area contributed by atoms with Crippen molar-refractivity contribution in [1.82, 2.24) is 4.90 Å². The van der Waals surface area contributed by atoms with Crippen LogP contribution in [-0.4, -0.2) is 24.0 Å². The fraction of sp³-hybridized carbons (Fsp3) is 0.500. The Kier molecular flexibility index (Phi) is 9.72. The highest BCUT2D eigenvalue weighted by molar-refractivity contribution is 5.79. The summed E-state index contributed by atoms with van der Waals surface area (Å²) in [4.78, 5) is 15.2. The smallest absolute Gasteiger partial charge is 0.226 e. The van der Waals surface area contributed by atoms with Gasteiger partial charge < -0.3 is 14.4 Å². The van der Waals surface area contributed by atoms with E-state index in [1.807, 2.05) is 53.4 Å². The summed E-state index contributed by atoms with van der Waals surface area (Å²) in [5.41, 5.74) is 2.16. The second kappa shape index (κ2) is 12.3. The van der Waals surface area contributed by atoms with Crippen LogP contribution in [0.25, 0.3) is 0 Å². The van der Waals surface area contributed by atoms with Crippen molar-refractivity contribution in [2.24, 2.45) is 5.92 Å². The van der Waals surface area contributed by atoms with Gasteiger partial charge in [0.2, 0.25) is 5.91 Å².